The van der Waals surface area contributed by atoms with Crippen molar-refractivity contribution in [2.75, 3.05) is 38.3 Å². The van der Waals surface area contributed by atoms with Crippen LogP contribution in [0.4, 0.5) is 10.1 Å². The molecule has 1 aromatic heterocycles. The van der Waals surface area contributed by atoms with Gasteiger partial charge in [-0.3, -0.25) is 0 Å². The van der Waals surface area contributed by atoms with E-state index in [0.29, 0.717) is 30.2 Å². The molecule has 0 amide bonds. The number of hydrogen-bond donors (Lipinski definition) is 3. The summed E-state index contributed by atoms with van der Waals surface area (Å²) in [7, 11) is 1.64. The van der Waals surface area contributed by atoms with Gasteiger partial charge in [0.2, 0.25) is 0 Å². The van der Waals surface area contributed by atoms with Gasteiger partial charge in [0, 0.05) is 36.3 Å². The maximum Gasteiger partial charge on any atom is 0.146 e. The molecule has 160 valence electrons. The van der Waals surface area contributed by atoms with Gasteiger partial charge in [0.25, 0.3) is 0 Å². The molecule has 0 aliphatic rings. The number of benzene rings is 2. The lowest BCUT2D eigenvalue weighted by Crippen LogP contribution is -2.23. The van der Waals surface area contributed by atoms with Crippen LogP contribution < -0.4 is 15.4 Å². The van der Waals surface area contributed by atoms with Crippen molar-refractivity contribution < 1.29 is 13.9 Å². The van der Waals surface area contributed by atoms with E-state index in [1.807, 2.05) is 12.3 Å². The van der Waals surface area contributed by atoms with E-state index in [4.69, 9.17) is 4.74 Å². The third-order valence-electron chi connectivity index (χ3n) is 5.08. The first-order valence-corrected chi connectivity index (χ1v) is 11.3. The minimum atomic E-state index is -0.484. The number of halogens is 1. The van der Waals surface area contributed by atoms with Crippen LogP contribution in [-0.4, -0.2) is 44.3 Å². The van der Waals surface area contributed by atoms with Crippen molar-refractivity contribution in [3.63, 3.8) is 0 Å². The predicted octanol–water partition coefficient (Wildman–Crippen LogP) is 4.55. The van der Waals surface area contributed by atoms with E-state index in [0.717, 1.165) is 25.7 Å². The van der Waals surface area contributed by atoms with Crippen molar-refractivity contribution in [2.24, 2.45) is 0 Å². The summed E-state index contributed by atoms with van der Waals surface area (Å²) in [6.45, 7) is 1.99. The van der Waals surface area contributed by atoms with Crippen LogP contribution in [0.2, 0.25) is 0 Å². The molecule has 3 aromatic rings. The lowest BCUT2D eigenvalue weighted by Gasteiger charge is -2.19. The average molecular weight is 430 g/mol. The average Bonchev–Trinajstić information content (AvgIpc) is 3.18. The number of aldehydes is 1. The van der Waals surface area contributed by atoms with Gasteiger partial charge >= 0.3 is 0 Å². The number of rotatable bonds is 12. The van der Waals surface area contributed by atoms with E-state index >= 15 is 0 Å². The third-order valence-corrected chi connectivity index (χ3v) is 5.93. The summed E-state index contributed by atoms with van der Waals surface area (Å²) in [6.07, 6.45) is 6.74. The Bertz CT molecular complexity index is 976. The van der Waals surface area contributed by atoms with Crippen LogP contribution in [0.5, 0.6) is 5.75 Å². The lowest BCUT2D eigenvalue weighted by atomic mass is 10.1. The van der Waals surface area contributed by atoms with E-state index in [2.05, 4.69) is 40.0 Å². The first-order chi connectivity index (χ1) is 14.7. The molecule has 7 heteroatoms. The number of anilines is 1. The number of aromatic nitrogens is 1. The van der Waals surface area contributed by atoms with E-state index in [-0.39, 0.29) is 0 Å². The van der Waals surface area contributed by atoms with Gasteiger partial charge in [-0.2, -0.15) is 0 Å². The van der Waals surface area contributed by atoms with Crippen molar-refractivity contribution in [1.29, 1.82) is 0 Å². The SMILES string of the molecule is CNc1c(F)ccc(OCCNCCCc2c[nH]c3ccccc23)c1C(C=O)SC. The summed E-state index contributed by atoms with van der Waals surface area (Å²) in [5, 5.41) is 7.03. The molecule has 0 aliphatic carbocycles. The molecular weight excluding hydrogens is 401 g/mol. The number of aryl methyl sites for hydroxylation is 1. The largest absolute Gasteiger partial charge is 0.492 e. The Kier molecular flexibility index (Phi) is 8.16. The smallest absolute Gasteiger partial charge is 0.146 e. The van der Waals surface area contributed by atoms with Crippen LogP contribution in [-0.2, 0) is 11.2 Å². The number of ether oxygens (including phenoxy) is 1. The van der Waals surface area contributed by atoms with Gasteiger partial charge in [-0.15, -0.1) is 11.8 Å². The number of carbonyl (C=O) groups excluding carboxylic acids is 1. The molecule has 0 aliphatic heterocycles. The predicted molar refractivity (Wildman–Crippen MR) is 123 cm³/mol. The molecule has 5 nitrogen and oxygen atoms in total. The van der Waals surface area contributed by atoms with Crippen LogP contribution >= 0.6 is 11.8 Å². The lowest BCUT2D eigenvalue weighted by molar-refractivity contribution is -0.107. The highest BCUT2D eigenvalue weighted by molar-refractivity contribution is 7.99. The molecule has 0 bridgehead atoms. The first kappa shape index (κ1) is 22.2. The zero-order valence-corrected chi connectivity index (χ0v) is 18.2. The van der Waals surface area contributed by atoms with E-state index in [1.165, 1.54) is 34.3 Å². The van der Waals surface area contributed by atoms with Crippen LogP contribution in [0.25, 0.3) is 10.9 Å². The Labute approximate surface area is 180 Å². The number of thioether (sulfide) groups is 1. The molecule has 0 fully saturated rings. The molecule has 0 radical (unpaired) electrons. The fourth-order valence-corrected chi connectivity index (χ4v) is 4.16. The van der Waals surface area contributed by atoms with Crippen molar-refractivity contribution in [3.8, 4) is 5.75 Å². The van der Waals surface area contributed by atoms with Gasteiger partial charge in [0.15, 0.2) is 0 Å². The Morgan fingerprint density at radius 2 is 2.07 bits per heavy atom. The van der Waals surface area contributed by atoms with Gasteiger partial charge in [-0.05, 0) is 49.4 Å². The zero-order valence-electron chi connectivity index (χ0n) is 17.3. The van der Waals surface area contributed by atoms with Gasteiger partial charge in [0.1, 0.15) is 24.5 Å². The molecule has 1 unspecified atom stereocenters. The van der Waals surface area contributed by atoms with Crippen LogP contribution in [0.15, 0.2) is 42.6 Å². The summed E-state index contributed by atoms with van der Waals surface area (Å²) in [5.41, 5.74) is 3.37. The third kappa shape index (κ3) is 5.15. The summed E-state index contributed by atoms with van der Waals surface area (Å²) in [5.74, 6) is 0.143. The number of hydrogen-bond acceptors (Lipinski definition) is 5. The zero-order chi connectivity index (χ0) is 21.3. The van der Waals surface area contributed by atoms with Crippen LogP contribution in [0, 0.1) is 5.82 Å². The molecular formula is C23H28FN3O2S. The number of carbonyl (C=O) groups is 1. The maximum atomic E-state index is 14.1. The Morgan fingerprint density at radius 3 is 2.83 bits per heavy atom. The molecule has 30 heavy (non-hydrogen) atoms. The van der Waals surface area contributed by atoms with Gasteiger partial charge in [0.05, 0.1) is 10.9 Å². The molecule has 0 saturated carbocycles. The standard InChI is InChI=1S/C23H28FN3O2S/c1-25-23-18(24)9-10-20(22(23)21(15-28)30-2)29-13-12-26-11-5-6-16-14-27-19-8-4-3-7-17(16)19/h3-4,7-10,14-15,21,25-27H,5-6,11-13H2,1-2H3. The second-order valence-electron chi connectivity index (χ2n) is 6.94. The molecule has 1 heterocycles. The van der Waals surface area contributed by atoms with Crippen molar-refractivity contribution >= 4 is 34.6 Å². The fourth-order valence-electron chi connectivity index (χ4n) is 3.58. The van der Waals surface area contributed by atoms with E-state index in [9.17, 15) is 9.18 Å². The Balaban J connectivity index is 1.48. The monoisotopic (exact) mass is 429 g/mol. The molecule has 0 spiro atoms. The van der Waals surface area contributed by atoms with Gasteiger partial charge in [-0.1, -0.05) is 18.2 Å². The Hall–Kier alpha value is -2.51. The topological polar surface area (TPSA) is 66.2 Å². The molecule has 0 saturated heterocycles. The summed E-state index contributed by atoms with van der Waals surface area (Å²) < 4.78 is 20.0. The molecule has 3 N–H and O–H groups in total. The maximum absolute atomic E-state index is 14.1. The second kappa shape index (κ2) is 11.0. The van der Waals surface area contributed by atoms with Crippen molar-refractivity contribution in [3.05, 3.63) is 59.5 Å². The highest BCUT2D eigenvalue weighted by atomic mass is 32.2. The molecule has 2 aromatic carbocycles. The van der Waals surface area contributed by atoms with E-state index in [1.54, 1.807) is 13.1 Å². The minimum Gasteiger partial charge on any atom is -0.492 e. The summed E-state index contributed by atoms with van der Waals surface area (Å²) >= 11 is 1.35. The summed E-state index contributed by atoms with van der Waals surface area (Å²) in [4.78, 5) is 14.8. The van der Waals surface area contributed by atoms with Gasteiger partial charge < -0.3 is 25.1 Å². The van der Waals surface area contributed by atoms with E-state index < -0.39 is 11.1 Å². The van der Waals surface area contributed by atoms with Crippen LogP contribution in [0.1, 0.15) is 22.8 Å². The highest BCUT2D eigenvalue weighted by Gasteiger charge is 2.21. The summed E-state index contributed by atoms with van der Waals surface area (Å²) in [6, 6.07) is 11.3. The molecule has 3 rings (SSSR count). The normalized spacial score (nSPS) is 12.1. The number of para-hydroxylation sites is 1. The first-order valence-electron chi connectivity index (χ1n) is 10.1. The van der Waals surface area contributed by atoms with Crippen molar-refractivity contribution in [2.45, 2.75) is 18.1 Å². The van der Waals surface area contributed by atoms with Crippen molar-refractivity contribution in [1.82, 2.24) is 10.3 Å². The highest BCUT2D eigenvalue weighted by Crippen LogP contribution is 2.39. The minimum absolute atomic E-state index is 0.311. The van der Waals surface area contributed by atoms with Crippen LogP contribution in [0.3, 0.4) is 0 Å². The molecule has 1 atom stereocenters. The fraction of sp³-hybridized carbons (Fsp3) is 0.348. The number of H-pyrrole nitrogens is 1. The second-order valence-corrected chi connectivity index (χ2v) is 7.92. The quantitative estimate of drug-likeness (QED) is 0.291. The Morgan fingerprint density at radius 1 is 1.23 bits per heavy atom. The number of aromatic amines is 1. The van der Waals surface area contributed by atoms with Gasteiger partial charge in [-0.25, -0.2) is 4.39 Å². The number of fused-ring (bicyclic) bond motifs is 1. The number of nitrogens with one attached hydrogen (secondary N) is 3.